The van der Waals surface area contributed by atoms with E-state index in [0.717, 1.165) is 0 Å². The van der Waals surface area contributed by atoms with E-state index in [1.54, 1.807) is 0 Å². The van der Waals surface area contributed by atoms with Crippen LogP contribution in [0.15, 0.2) is 61.2 Å². The lowest BCUT2D eigenvalue weighted by atomic mass is 9.98. The van der Waals surface area contributed by atoms with Gasteiger partial charge in [-0.25, -0.2) is 4.79 Å². The lowest BCUT2D eigenvalue weighted by Gasteiger charge is -2.16. The van der Waals surface area contributed by atoms with Crippen molar-refractivity contribution in [2.45, 2.75) is 12.0 Å². The van der Waals surface area contributed by atoms with E-state index >= 15 is 0 Å². The minimum Gasteiger partial charge on any atom is -0.449 e. The van der Waals surface area contributed by atoms with E-state index in [-0.39, 0.29) is 19.1 Å². The molecule has 0 radical (unpaired) electrons. The normalized spacial score (nSPS) is 13.8. The summed E-state index contributed by atoms with van der Waals surface area (Å²) < 4.78 is 5.36. The van der Waals surface area contributed by atoms with Gasteiger partial charge < -0.3 is 15.2 Å². The highest BCUT2D eigenvalue weighted by Gasteiger charge is 2.29. The summed E-state index contributed by atoms with van der Waals surface area (Å²) in [5, 5.41) is 11.6. The molecule has 2 N–H and O–H groups in total. The predicted octanol–water partition coefficient (Wildman–Crippen LogP) is 3.07. The minimum absolute atomic E-state index is 0.0319. The first-order valence-electron chi connectivity index (χ1n) is 7.59. The molecule has 0 fully saturated rings. The molecule has 0 aromatic heterocycles. The van der Waals surface area contributed by atoms with Crippen molar-refractivity contribution in [1.29, 1.82) is 0 Å². The molecular formula is C19H19NO3. The maximum Gasteiger partial charge on any atom is 0.407 e. The Balaban J connectivity index is 1.76. The van der Waals surface area contributed by atoms with Crippen molar-refractivity contribution in [2.24, 2.45) is 0 Å². The zero-order valence-electron chi connectivity index (χ0n) is 12.7. The third kappa shape index (κ3) is 2.98. The SMILES string of the molecule is C=CC(CO)NC(=O)OCC1c2ccccc2-c2ccccc21. The summed E-state index contributed by atoms with van der Waals surface area (Å²) in [6.45, 7) is 3.61. The number of nitrogens with one attached hydrogen (secondary N) is 1. The maximum atomic E-state index is 11.9. The molecule has 23 heavy (non-hydrogen) atoms. The molecule has 2 aromatic rings. The lowest BCUT2D eigenvalue weighted by Crippen LogP contribution is -2.36. The topological polar surface area (TPSA) is 58.6 Å². The van der Waals surface area contributed by atoms with Gasteiger partial charge in [0.25, 0.3) is 0 Å². The molecule has 1 unspecified atom stereocenters. The zero-order valence-corrected chi connectivity index (χ0v) is 12.7. The number of ether oxygens (including phenoxy) is 1. The first kappa shape index (κ1) is 15.3. The molecule has 0 bridgehead atoms. The molecule has 0 aliphatic heterocycles. The zero-order chi connectivity index (χ0) is 16.2. The molecule has 0 spiro atoms. The standard InChI is InChI=1S/C19H19NO3/c1-2-13(11-21)20-19(22)23-12-18-16-9-5-3-7-14(16)15-8-4-6-10-17(15)18/h2-10,13,18,21H,1,11-12H2,(H,20,22). The quantitative estimate of drug-likeness (QED) is 0.835. The number of amides is 1. The van der Waals surface area contributed by atoms with E-state index in [2.05, 4.69) is 36.2 Å². The Hall–Kier alpha value is -2.59. The average Bonchev–Trinajstić information content (AvgIpc) is 2.92. The van der Waals surface area contributed by atoms with Crippen LogP contribution in [0.3, 0.4) is 0 Å². The van der Waals surface area contributed by atoms with Crippen LogP contribution in [-0.4, -0.2) is 30.5 Å². The first-order valence-corrected chi connectivity index (χ1v) is 7.59. The Morgan fingerprint density at radius 3 is 2.26 bits per heavy atom. The van der Waals surface area contributed by atoms with E-state index in [1.807, 2.05) is 24.3 Å². The Labute approximate surface area is 135 Å². The molecule has 3 rings (SSSR count). The Kier molecular flexibility index (Phi) is 4.44. The molecule has 0 heterocycles. The molecule has 1 aliphatic rings. The van der Waals surface area contributed by atoms with Crippen LogP contribution in [0.2, 0.25) is 0 Å². The molecule has 1 aliphatic carbocycles. The third-order valence-electron chi connectivity index (χ3n) is 4.13. The van der Waals surface area contributed by atoms with Gasteiger partial charge in [0.15, 0.2) is 0 Å². The number of aliphatic hydroxyl groups is 1. The molecule has 1 amide bonds. The summed E-state index contributed by atoms with van der Waals surface area (Å²) >= 11 is 0. The second kappa shape index (κ2) is 6.67. The molecule has 1 atom stereocenters. The highest BCUT2D eigenvalue weighted by Crippen LogP contribution is 2.44. The summed E-state index contributed by atoms with van der Waals surface area (Å²) in [5.74, 6) is 0.0319. The van der Waals surface area contributed by atoms with Crippen molar-refractivity contribution in [1.82, 2.24) is 5.32 Å². The summed E-state index contributed by atoms with van der Waals surface area (Å²) in [6, 6.07) is 15.9. The lowest BCUT2D eigenvalue weighted by molar-refractivity contribution is 0.136. The van der Waals surface area contributed by atoms with Gasteiger partial charge in [0, 0.05) is 5.92 Å². The van der Waals surface area contributed by atoms with Crippen molar-refractivity contribution < 1.29 is 14.6 Å². The molecule has 118 valence electrons. The van der Waals surface area contributed by atoms with Gasteiger partial charge >= 0.3 is 6.09 Å². The average molecular weight is 309 g/mol. The smallest absolute Gasteiger partial charge is 0.407 e. The first-order chi connectivity index (χ1) is 11.2. The molecule has 4 heteroatoms. The minimum atomic E-state index is -0.550. The van der Waals surface area contributed by atoms with Gasteiger partial charge in [-0.2, -0.15) is 0 Å². The largest absolute Gasteiger partial charge is 0.449 e. The molecule has 0 saturated carbocycles. The van der Waals surface area contributed by atoms with Gasteiger partial charge in [0.05, 0.1) is 12.6 Å². The fraction of sp³-hybridized carbons (Fsp3) is 0.211. The number of hydrogen-bond acceptors (Lipinski definition) is 3. The van der Waals surface area contributed by atoms with Crippen LogP contribution in [0.1, 0.15) is 17.0 Å². The fourth-order valence-electron chi connectivity index (χ4n) is 2.97. The van der Waals surface area contributed by atoms with Crippen LogP contribution >= 0.6 is 0 Å². The Bertz CT molecular complexity index is 681. The van der Waals surface area contributed by atoms with Gasteiger partial charge in [-0.05, 0) is 22.3 Å². The maximum absolute atomic E-state index is 11.9. The van der Waals surface area contributed by atoms with E-state index < -0.39 is 12.1 Å². The van der Waals surface area contributed by atoms with Gasteiger partial charge in [0.1, 0.15) is 6.61 Å². The number of alkyl carbamates (subject to hydrolysis) is 1. The number of aliphatic hydroxyl groups excluding tert-OH is 1. The second-order valence-electron chi connectivity index (χ2n) is 5.49. The number of rotatable bonds is 5. The van der Waals surface area contributed by atoms with Crippen LogP contribution < -0.4 is 5.32 Å². The van der Waals surface area contributed by atoms with Crippen LogP contribution in [-0.2, 0) is 4.74 Å². The summed E-state index contributed by atoms with van der Waals surface area (Å²) in [7, 11) is 0. The molecule has 0 saturated heterocycles. The second-order valence-corrected chi connectivity index (χ2v) is 5.49. The number of carbonyl (C=O) groups excluding carboxylic acids is 1. The predicted molar refractivity (Wildman–Crippen MR) is 89.3 cm³/mol. The molecular weight excluding hydrogens is 290 g/mol. The van der Waals surface area contributed by atoms with Crippen LogP contribution in [0.5, 0.6) is 0 Å². The molecule has 4 nitrogen and oxygen atoms in total. The van der Waals surface area contributed by atoms with Crippen molar-refractivity contribution in [3.05, 3.63) is 72.3 Å². The monoisotopic (exact) mass is 309 g/mol. The Morgan fingerprint density at radius 1 is 1.17 bits per heavy atom. The number of carbonyl (C=O) groups is 1. The highest BCUT2D eigenvalue weighted by molar-refractivity contribution is 5.79. The van der Waals surface area contributed by atoms with Crippen molar-refractivity contribution in [3.8, 4) is 11.1 Å². The van der Waals surface area contributed by atoms with Crippen LogP contribution in [0, 0.1) is 0 Å². The van der Waals surface area contributed by atoms with Gasteiger partial charge in [-0.15, -0.1) is 6.58 Å². The number of benzene rings is 2. The van der Waals surface area contributed by atoms with Crippen molar-refractivity contribution in [2.75, 3.05) is 13.2 Å². The van der Waals surface area contributed by atoms with Crippen molar-refractivity contribution >= 4 is 6.09 Å². The third-order valence-corrected chi connectivity index (χ3v) is 4.13. The summed E-state index contributed by atoms with van der Waals surface area (Å²) in [6.07, 6.45) is 0.923. The Morgan fingerprint density at radius 2 is 1.74 bits per heavy atom. The van der Waals surface area contributed by atoms with Gasteiger partial charge in [-0.3, -0.25) is 0 Å². The summed E-state index contributed by atoms with van der Waals surface area (Å²) in [4.78, 5) is 11.9. The number of fused-ring (bicyclic) bond motifs is 3. The number of hydrogen-bond donors (Lipinski definition) is 2. The van der Waals surface area contributed by atoms with Crippen molar-refractivity contribution in [3.63, 3.8) is 0 Å². The fourth-order valence-corrected chi connectivity index (χ4v) is 2.97. The van der Waals surface area contributed by atoms with Gasteiger partial charge in [0.2, 0.25) is 0 Å². The highest BCUT2D eigenvalue weighted by atomic mass is 16.5. The van der Waals surface area contributed by atoms with E-state index in [1.165, 1.54) is 28.3 Å². The molecule has 2 aromatic carbocycles. The van der Waals surface area contributed by atoms with Crippen LogP contribution in [0.25, 0.3) is 11.1 Å². The van der Waals surface area contributed by atoms with E-state index in [0.29, 0.717) is 0 Å². The van der Waals surface area contributed by atoms with Crippen LogP contribution in [0.4, 0.5) is 4.79 Å². The van der Waals surface area contributed by atoms with E-state index in [9.17, 15) is 4.79 Å². The van der Waals surface area contributed by atoms with E-state index in [4.69, 9.17) is 9.84 Å². The van der Waals surface area contributed by atoms with Gasteiger partial charge in [-0.1, -0.05) is 54.6 Å². The summed E-state index contributed by atoms with van der Waals surface area (Å²) in [5.41, 5.74) is 4.72.